The molecular weight excluding hydrogens is 230 g/mol. The van der Waals surface area contributed by atoms with Crippen molar-refractivity contribution >= 4 is 11.8 Å². The lowest BCUT2D eigenvalue weighted by Gasteiger charge is -2.32. The van der Waals surface area contributed by atoms with E-state index in [4.69, 9.17) is 11.5 Å². The zero-order chi connectivity index (χ0) is 14.2. The summed E-state index contributed by atoms with van der Waals surface area (Å²) in [4.78, 5) is 23.1. The Kier molecular flexibility index (Phi) is 7.59. The van der Waals surface area contributed by atoms with Gasteiger partial charge in [-0.1, -0.05) is 26.7 Å². The van der Waals surface area contributed by atoms with Gasteiger partial charge in [-0.25, -0.2) is 0 Å². The van der Waals surface area contributed by atoms with Crippen molar-refractivity contribution < 1.29 is 9.59 Å². The maximum absolute atomic E-state index is 12.3. The third-order valence-electron chi connectivity index (χ3n) is 3.21. The van der Waals surface area contributed by atoms with Crippen LogP contribution >= 0.6 is 0 Å². The molecule has 0 aromatic heterocycles. The predicted octanol–water partition coefficient (Wildman–Crippen LogP) is 0.912. The first-order valence-electron chi connectivity index (χ1n) is 6.71. The van der Waals surface area contributed by atoms with Crippen LogP contribution in [0, 0.1) is 5.41 Å². The van der Waals surface area contributed by atoms with Crippen LogP contribution in [0.25, 0.3) is 0 Å². The Morgan fingerprint density at radius 2 is 1.72 bits per heavy atom. The van der Waals surface area contributed by atoms with Crippen LogP contribution < -0.4 is 16.8 Å². The van der Waals surface area contributed by atoms with Gasteiger partial charge in [0.15, 0.2) is 0 Å². The van der Waals surface area contributed by atoms with Crippen LogP contribution in [0.1, 0.15) is 52.9 Å². The second-order valence-corrected chi connectivity index (χ2v) is 5.03. The van der Waals surface area contributed by atoms with Crippen molar-refractivity contribution in [3.8, 4) is 0 Å². The molecule has 0 fully saturated rings. The third kappa shape index (κ3) is 5.04. The minimum Gasteiger partial charge on any atom is -0.370 e. The molecule has 0 heterocycles. The molecule has 106 valence electrons. The fourth-order valence-corrected chi connectivity index (χ4v) is 2.34. The number of nitrogens with two attached hydrogens (primary N) is 2. The molecule has 0 aliphatic rings. The molecule has 0 radical (unpaired) electrons. The Bertz CT molecular complexity index is 273. The Balaban J connectivity index is 4.68. The van der Waals surface area contributed by atoms with Crippen LogP contribution in [-0.2, 0) is 9.59 Å². The summed E-state index contributed by atoms with van der Waals surface area (Å²) in [6, 6.07) is -0.241. The van der Waals surface area contributed by atoms with E-state index < -0.39 is 11.3 Å². The van der Waals surface area contributed by atoms with Crippen molar-refractivity contribution in [2.75, 3.05) is 6.54 Å². The van der Waals surface area contributed by atoms with E-state index in [0.717, 1.165) is 25.7 Å². The molecular formula is C13H27N3O2. The number of amides is 2. The molecule has 5 N–H and O–H groups in total. The van der Waals surface area contributed by atoms with Gasteiger partial charge in [0.1, 0.15) is 0 Å². The number of carbonyl (C=O) groups is 2. The summed E-state index contributed by atoms with van der Waals surface area (Å²) >= 11 is 0. The maximum atomic E-state index is 12.3. The van der Waals surface area contributed by atoms with Crippen molar-refractivity contribution in [2.24, 2.45) is 16.9 Å². The average Bonchev–Trinajstić information content (AvgIpc) is 2.27. The molecule has 0 saturated heterocycles. The third-order valence-corrected chi connectivity index (χ3v) is 3.21. The van der Waals surface area contributed by atoms with Gasteiger partial charge in [-0.3, -0.25) is 9.59 Å². The smallest absolute Gasteiger partial charge is 0.227 e. The Labute approximate surface area is 110 Å². The van der Waals surface area contributed by atoms with Crippen LogP contribution in [0.5, 0.6) is 0 Å². The molecule has 2 amide bonds. The van der Waals surface area contributed by atoms with E-state index in [-0.39, 0.29) is 18.4 Å². The first-order valence-corrected chi connectivity index (χ1v) is 6.71. The normalized spacial score (nSPS) is 13.1. The SMILES string of the molecule is CCCC(CN)(CCC)C(=O)NC(C)CC(N)=O. The Morgan fingerprint density at radius 3 is 2.06 bits per heavy atom. The zero-order valence-electron chi connectivity index (χ0n) is 11.8. The van der Waals surface area contributed by atoms with E-state index >= 15 is 0 Å². The number of rotatable bonds is 9. The summed E-state index contributed by atoms with van der Waals surface area (Å²) in [7, 11) is 0. The summed E-state index contributed by atoms with van der Waals surface area (Å²) in [5, 5.41) is 2.85. The van der Waals surface area contributed by atoms with Crippen molar-refractivity contribution in [1.29, 1.82) is 0 Å². The molecule has 0 spiro atoms. The zero-order valence-corrected chi connectivity index (χ0v) is 11.8. The van der Waals surface area contributed by atoms with Crippen molar-refractivity contribution in [3.05, 3.63) is 0 Å². The van der Waals surface area contributed by atoms with Crippen LogP contribution in [0.3, 0.4) is 0 Å². The lowest BCUT2D eigenvalue weighted by molar-refractivity contribution is -0.132. The molecule has 5 heteroatoms. The monoisotopic (exact) mass is 257 g/mol. The van der Waals surface area contributed by atoms with E-state index in [1.54, 1.807) is 6.92 Å². The predicted molar refractivity (Wildman–Crippen MR) is 72.7 cm³/mol. The summed E-state index contributed by atoms with van der Waals surface area (Å²) in [5.41, 5.74) is 10.4. The first kappa shape index (κ1) is 16.9. The lowest BCUT2D eigenvalue weighted by Crippen LogP contribution is -2.49. The maximum Gasteiger partial charge on any atom is 0.227 e. The second kappa shape index (κ2) is 8.08. The van der Waals surface area contributed by atoms with Gasteiger partial charge in [0.05, 0.1) is 5.41 Å². The van der Waals surface area contributed by atoms with E-state index in [1.807, 2.05) is 13.8 Å². The highest BCUT2D eigenvalue weighted by Gasteiger charge is 2.35. The highest BCUT2D eigenvalue weighted by Crippen LogP contribution is 2.29. The van der Waals surface area contributed by atoms with Gasteiger partial charge in [-0.15, -0.1) is 0 Å². The molecule has 0 aliphatic carbocycles. The van der Waals surface area contributed by atoms with Crippen molar-refractivity contribution in [2.45, 2.75) is 58.9 Å². The minimum absolute atomic E-state index is 0.0533. The van der Waals surface area contributed by atoms with Crippen LogP contribution in [0.2, 0.25) is 0 Å². The van der Waals surface area contributed by atoms with E-state index in [0.29, 0.717) is 6.54 Å². The quantitative estimate of drug-likeness (QED) is 0.572. The Hall–Kier alpha value is -1.10. The highest BCUT2D eigenvalue weighted by atomic mass is 16.2. The van der Waals surface area contributed by atoms with E-state index in [2.05, 4.69) is 5.32 Å². The van der Waals surface area contributed by atoms with E-state index in [9.17, 15) is 9.59 Å². The molecule has 18 heavy (non-hydrogen) atoms. The fraction of sp³-hybridized carbons (Fsp3) is 0.846. The first-order chi connectivity index (χ1) is 8.41. The number of carbonyl (C=O) groups excluding carboxylic acids is 2. The summed E-state index contributed by atoms with van der Waals surface area (Å²) < 4.78 is 0. The molecule has 1 unspecified atom stereocenters. The van der Waals surface area contributed by atoms with Gasteiger partial charge in [-0.05, 0) is 19.8 Å². The number of primary amides is 1. The molecule has 0 bridgehead atoms. The minimum atomic E-state index is -0.505. The topological polar surface area (TPSA) is 98.2 Å². The Morgan fingerprint density at radius 1 is 1.22 bits per heavy atom. The largest absolute Gasteiger partial charge is 0.370 e. The molecule has 0 aromatic carbocycles. The standard InChI is InChI=1S/C13H27N3O2/c1-4-6-13(9-14,7-5-2)12(18)16-10(3)8-11(15)17/h10H,4-9,14H2,1-3H3,(H2,15,17)(H,16,18). The molecule has 0 saturated carbocycles. The van der Waals surface area contributed by atoms with Crippen molar-refractivity contribution in [3.63, 3.8) is 0 Å². The summed E-state index contributed by atoms with van der Waals surface area (Å²) in [6.07, 6.45) is 3.52. The van der Waals surface area contributed by atoms with Gasteiger partial charge in [0.2, 0.25) is 11.8 Å². The number of hydrogen-bond donors (Lipinski definition) is 3. The number of nitrogens with one attached hydrogen (secondary N) is 1. The molecule has 0 aromatic rings. The van der Waals surface area contributed by atoms with Crippen LogP contribution in [0.4, 0.5) is 0 Å². The lowest BCUT2D eigenvalue weighted by atomic mass is 9.78. The van der Waals surface area contributed by atoms with Crippen LogP contribution in [-0.4, -0.2) is 24.4 Å². The average molecular weight is 257 g/mol. The van der Waals surface area contributed by atoms with Gasteiger partial charge in [-0.2, -0.15) is 0 Å². The van der Waals surface area contributed by atoms with Gasteiger partial charge < -0.3 is 16.8 Å². The molecule has 1 atom stereocenters. The van der Waals surface area contributed by atoms with Gasteiger partial charge >= 0.3 is 0 Å². The molecule has 0 aliphatic heterocycles. The molecule has 0 rings (SSSR count). The number of hydrogen-bond acceptors (Lipinski definition) is 3. The van der Waals surface area contributed by atoms with Crippen LogP contribution in [0.15, 0.2) is 0 Å². The molecule has 5 nitrogen and oxygen atoms in total. The highest BCUT2D eigenvalue weighted by molar-refractivity contribution is 5.84. The fourth-order valence-electron chi connectivity index (χ4n) is 2.34. The second-order valence-electron chi connectivity index (χ2n) is 5.03. The van der Waals surface area contributed by atoms with Crippen molar-refractivity contribution in [1.82, 2.24) is 5.32 Å². The van der Waals surface area contributed by atoms with Gasteiger partial charge in [0.25, 0.3) is 0 Å². The summed E-state index contributed by atoms with van der Waals surface area (Å²) in [5.74, 6) is -0.463. The summed E-state index contributed by atoms with van der Waals surface area (Å²) in [6.45, 7) is 6.20. The van der Waals surface area contributed by atoms with Gasteiger partial charge in [0, 0.05) is 19.0 Å². The van der Waals surface area contributed by atoms with E-state index in [1.165, 1.54) is 0 Å².